The highest BCUT2D eigenvalue weighted by Gasteiger charge is 2.77. The van der Waals surface area contributed by atoms with Gasteiger partial charge in [0.05, 0.1) is 30.6 Å². The Morgan fingerprint density at radius 1 is 1.05 bits per heavy atom. The van der Waals surface area contributed by atoms with Gasteiger partial charge in [0, 0.05) is 30.7 Å². The lowest BCUT2D eigenvalue weighted by atomic mass is 9.70. The fourth-order valence-electron chi connectivity index (χ4n) is 7.48. The number of aliphatic hydroxyl groups excluding tert-OH is 1. The molecule has 8 nitrogen and oxygen atoms in total. The lowest BCUT2D eigenvalue weighted by Crippen LogP contribution is -2.57. The summed E-state index contributed by atoms with van der Waals surface area (Å²) in [6.07, 6.45) is 3.07. The van der Waals surface area contributed by atoms with Crippen LogP contribution in [0.25, 0.3) is 10.8 Å². The van der Waals surface area contributed by atoms with Gasteiger partial charge in [-0.1, -0.05) is 88.7 Å². The number of likely N-dealkylation sites (N-methyl/N-ethyl adjacent to an activating group) is 1. The van der Waals surface area contributed by atoms with Crippen LogP contribution in [0.4, 0.5) is 5.69 Å². The summed E-state index contributed by atoms with van der Waals surface area (Å²) in [4.78, 5) is 48.0. The molecule has 6 rings (SSSR count). The maximum Gasteiger partial charge on any atom is 0.253 e. The lowest BCUT2D eigenvalue weighted by Gasteiger charge is -2.39. The van der Waals surface area contributed by atoms with Gasteiger partial charge in [0.15, 0.2) is 0 Å². The predicted molar refractivity (Wildman–Crippen MR) is 173 cm³/mol. The average molecular weight is 659 g/mol. The first kappa shape index (κ1) is 30.2. The number of carbonyl (C=O) groups excluding carboxylic acids is 3. The summed E-state index contributed by atoms with van der Waals surface area (Å²) >= 11 is 3.74. The quantitative estimate of drug-likeness (QED) is 0.256. The molecule has 3 aliphatic rings. The smallest absolute Gasteiger partial charge is 0.253 e. The molecule has 3 aliphatic heterocycles. The van der Waals surface area contributed by atoms with E-state index < -0.39 is 42.2 Å². The van der Waals surface area contributed by atoms with E-state index in [2.05, 4.69) is 29.1 Å². The zero-order valence-corrected chi connectivity index (χ0v) is 26.2. The standard InChI is InChI=1S/C35H36BrN3O5/c1-4-17-37(3)32(41)28-29-33(42)39(27(21-40)23-12-7-6-8-13-23)31(35(29)20-26(36)30(28)44-35)34(43)38(18-5-2)25-16-15-22-11-9-10-14-24(22)19-25/h4-16,19,26-31,40H,1-2,17-18,20-21H2,3H3/t26?,27-,28-,29+,30-,31?,35?/m1/s1. The van der Waals surface area contributed by atoms with Crippen LogP contribution in [-0.4, -0.2) is 81.9 Å². The number of amides is 3. The van der Waals surface area contributed by atoms with Gasteiger partial charge in [-0.3, -0.25) is 14.4 Å². The number of carbonyl (C=O) groups is 3. The maximum atomic E-state index is 15.0. The molecule has 3 heterocycles. The Bertz CT molecular complexity index is 1610. The Morgan fingerprint density at radius 2 is 1.73 bits per heavy atom. The predicted octanol–water partition coefficient (Wildman–Crippen LogP) is 4.48. The summed E-state index contributed by atoms with van der Waals surface area (Å²) in [5.41, 5.74) is 0.0679. The van der Waals surface area contributed by atoms with Gasteiger partial charge in [0.2, 0.25) is 11.8 Å². The molecule has 2 bridgehead atoms. The first-order valence-electron chi connectivity index (χ1n) is 14.8. The molecule has 3 saturated heterocycles. The van der Waals surface area contributed by atoms with Crippen molar-refractivity contribution in [3.63, 3.8) is 0 Å². The number of alkyl halides is 1. The zero-order valence-electron chi connectivity index (χ0n) is 24.6. The Morgan fingerprint density at radius 3 is 2.41 bits per heavy atom. The normalized spacial score (nSPS) is 27.7. The molecule has 0 aromatic heterocycles. The molecule has 44 heavy (non-hydrogen) atoms. The van der Waals surface area contributed by atoms with Crippen LogP contribution < -0.4 is 4.90 Å². The molecule has 7 atom stereocenters. The third-order valence-electron chi connectivity index (χ3n) is 9.34. The van der Waals surface area contributed by atoms with E-state index in [9.17, 15) is 14.7 Å². The fraction of sp³-hybridized carbons (Fsp3) is 0.343. The van der Waals surface area contributed by atoms with Gasteiger partial charge in [-0.15, -0.1) is 13.2 Å². The largest absolute Gasteiger partial charge is 0.394 e. The highest BCUT2D eigenvalue weighted by atomic mass is 79.9. The molecule has 3 aromatic rings. The number of hydrogen-bond acceptors (Lipinski definition) is 5. The number of rotatable bonds is 10. The monoisotopic (exact) mass is 657 g/mol. The summed E-state index contributed by atoms with van der Waals surface area (Å²) in [6, 6.07) is 21.0. The average Bonchev–Trinajstić information content (AvgIpc) is 3.63. The van der Waals surface area contributed by atoms with Crippen LogP contribution in [0.2, 0.25) is 0 Å². The van der Waals surface area contributed by atoms with Gasteiger partial charge < -0.3 is 24.5 Å². The third kappa shape index (κ3) is 4.69. The molecule has 3 amide bonds. The van der Waals surface area contributed by atoms with Gasteiger partial charge in [0.1, 0.15) is 11.6 Å². The van der Waals surface area contributed by atoms with E-state index in [1.165, 1.54) is 4.90 Å². The lowest BCUT2D eigenvalue weighted by molar-refractivity contribution is -0.147. The van der Waals surface area contributed by atoms with Crippen molar-refractivity contribution in [2.75, 3.05) is 31.6 Å². The summed E-state index contributed by atoms with van der Waals surface area (Å²) in [5.74, 6) is -2.64. The van der Waals surface area contributed by atoms with Gasteiger partial charge in [-0.2, -0.15) is 0 Å². The minimum atomic E-state index is -1.28. The molecule has 3 aromatic carbocycles. The van der Waals surface area contributed by atoms with E-state index in [0.717, 1.165) is 10.8 Å². The van der Waals surface area contributed by atoms with Gasteiger partial charge >= 0.3 is 0 Å². The van der Waals surface area contributed by atoms with E-state index in [0.29, 0.717) is 24.2 Å². The minimum Gasteiger partial charge on any atom is -0.394 e. The number of hydrogen-bond donors (Lipinski definition) is 1. The number of anilines is 1. The van der Waals surface area contributed by atoms with Crippen LogP contribution in [0.5, 0.6) is 0 Å². The number of benzene rings is 3. The molecule has 3 unspecified atom stereocenters. The van der Waals surface area contributed by atoms with Crippen molar-refractivity contribution in [2.24, 2.45) is 11.8 Å². The Kier molecular flexibility index (Phi) is 8.22. The first-order chi connectivity index (χ1) is 21.3. The van der Waals surface area contributed by atoms with E-state index in [4.69, 9.17) is 4.74 Å². The van der Waals surface area contributed by atoms with Crippen LogP contribution in [0.1, 0.15) is 18.0 Å². The van der Waals surface area contributed by atoms with E-state index in [1.54, 1.807) is 29.0 Å². The van der Waals surface area contributed by atoms with Crippen molar-refractivity contribution in [3.05, 3.63) is 104 Å². The van der Waals surface area contributed by atoms with Crippen LogP contribution in [0, 0.1) is 11.8 Å². The maximum absolute atomic E-state index is 15.0. The second kappa shape index (κ2) is 12.0. The summed E-state index contributed by atoms with van der Waals surface area (Å²) in [7, 11) is 1.68. The molecule has 0 aliphatic carbocycles. The van der Waals surface area contributed by atoms with Crippen molar-refractivity contribution in [3.8, 4) is 0 Å². The summed E-state index contributed by atoms with van der Waals surface area (Å²) in [6.45, 7) is 7.77. The number of ether oxygens (including phenoxy) is 1. The number of halogens is 1. The molecule has 228 valence electrons. The van der Waals surface area contributed by atoms with Crippen LogP contribution in [0.3, 0.4) is 0 Å². The topological polar surface area (TPSA) is 90.4 Å². The van der Waals surface area contributed by atoms with Crippen LogP contribution in [0.15, 0.2) is 98.1 Å². The molecule has 0 saturated carbocycles. The molecular formula is C35H36BrN3O5. The summed E-state index contributed by atoms with van der Waals surface area (Å²) < 4.78 is 6.72. The van der Waals surface area contributed by atoms with Crippen molar-refractivity contribution < 1.29 is 24.2 Å². The van der Waals surface area contributed by atoms with Crippen molar-refractivity contribution in [1.82, 2.24) is 9.80 Å². The van der Waals surface area contributed by atoms with Crippen molar-refractivity contribution in [1.29, 1.82) is 0 Å². The Balaban J connectivity index is 1.50. The number of aliphatic hydroxyl groups is 1. The molecule has 1 spiro atoms. The van der Waals surface area contributed by atoms with Crippen LogP contribution >= 0.6 is 15.9 Å². The van der Waals surface area contributed by atoms with Crippen molar-refractivity contribution >= 4 is 50.1 Å². The molecule has 3 fully saturated rings. The molecule has 0 radical (unpaired) electrons. The first-order valence-corrected chi connectivity index (χ1v) is 15.8. The third-order valence-corrected chi connectivity index (χ3v) is 10.2. The molecular weight excluding hydrogens is 622 g/mol. The number of likely N-dealkylation sites (tertiary alicyclic amines) is 1. The van der Waals surface area contributed by atoms with Crippen molar-refractivity contribution in [2.45, 2.75) is 35.0 Å². The van der Waals surface area contributed by atoms with Gasteiger partial charge in [0.25, 0.3) is 5.91 Å². The minimum absolute atomic E-state index is 0.192. The second-order valence-corrected chi connectivity index (χ2v) is 13.0. The van der Waals surface area contributed by atoms with E-state index in [-0.39, 0.29) is 29.1 Å². The Hall–Kier alpha value is -3.79. The highest BCUT2D eigenvalue weighted by molar-refractivity contribution is 9.09. The second-order valence-electron chi connectivity index (χ2n) is 11.8. The zero-order chi connectivity index (χ0) is 31.2. The highest BCUT2D eigenvalue weighted by Crippen LogP contribution is 2.61. The van der Waals surface area contributed by atoms with E-state index in [1.807, 2.05) is 72.8 Å². The van der Waals surface area contributed by atoms with Gasteiger partial charge in [-0.05, 0) is 34.9 Å². The summed E-state index contributed by atoms with van der Waals surface area (Å²) in [5, 5.41) is 12.8. The SMILES string of the molecule is C=CCN(C)C(=O)[C@H]1[C@@H]2OC3(CC2Br)C(C(=O)N(CC=C)c2ccc4ccccc4c2)N([C@H](CO)c2ccccc2)C(=O)[C@H]13. The van der Waals surface area contributed by atoms with Gasteiger partial charge in [-0.25, -0.2) is 0 Å². The fourth-order valence-corrected chi connectivity index (χ4v) is 8.42. The number of fused-ring (bicyclic) bond motifs is 2. The van der Waals surface area contributed by atoms with Crippen LogP contribution in [-0.2, 0) is 19.1 Å². The molecule has 9 heteroatoms. The molecule has 1 N–H and O–H groups in total. The number of nitrogens with zero attached hydrogens (tertiary/aromatic N) is 3. The Labute approximate surface area is 265 Å². The van der Waals surface area contributed by atoms with E-state index >= 15 is 4.79 Å².